The summed E-state index contributed by atoms with van der Waals surface area (Å²) in [6.45, 7) is 4.15. The number of hydrogen-bond acceptors (Lipinski definition) is 3. The SMILES string of the molecule is CCOC(=O)c1cc2c([nH]1)=CN=C(C)CC=2. The average Bonchev–Trinajstić information content (AvgIpc) is 2.60. The average molecular weight is 218 g/mol. The summed E-state index contributed by atoms with van der Waals surface area (Å²) in [6.07, 6.45) is 4.61. The molecule has 0 saturated carbocycles. The highest BCUT2D eigenvalue weighted by Crippen LogP contribution is 1.95. The Morgan fingerprint density at radius 2 is 2.44 bits per heavy atom. The first-order valence-electron chi connectivity index (χ1n) is 5.30. The van der Waals surface area contributed by atoms with E-state index in [4.69, 9.17) is 4.74 Å². The Morgan fingerprint density at radius 1 is 1.62 bits per heavy atom. The van der Waals surface area contributed by atoms with Crippen LogP contribution in [0.2, 0.25) is 0 Å². The molecule has 0 unspecified atom stereocenters. The van der Waals surface area contributed by atoms with E-state index in [0.29, 0.717) is 12.3 Å². The molecular weight excluding hydrogens is 204 g/mol. The molecule has 4 heteroatoms. The standard InChI is InChI=1S/C12H14N2O2/c1-3-16-12(15)10-6-9-5-4-8(2)13-7-11(9)14-10/h5-7,14H,3-4H2,1-2H3. The predicted octanol–water partition coefficient (Wildman–Crippen LogP) is 0.575. The molecule has 84 valence electrons. The first-order chi connectivity index (χ1) is 7.70. The van der Waals surface area contributed by atoms with Gasteiger partial charge in [0.2, 0.25) is 0 Å². The number of nitrogens with one attached hydrogen (secondary N) is 1. The number of fused-ring (bicyclic) bond motifs is 1. The third kappa shape index (κ3) is 2.05. The van der Waals surface area contributed by atoms with Gasteiger partial charge in [-0.3, -0.25) is 4.99 Å². The summed E-state index contributed by atoms with van der Waals surface area (Å²) in [4.78, 5) is 18.8. The van der Waals surface area contributed by atoms with Crippen molar-refractivity contribution in [3.8, 4) is 0 Å². The largest absolute Gasteiger partial charge is 0.461 e. The van der Waals surface area contributed by atoms with Crippen LogP contribution in [0.3, 0.4) is 0 Å². The third-order valence-electron chi connectivity index (χ3n) is 2.41. The quantitative estimate of drug-likeness (QED) is 0.738. The Labute approximate surface area is 93.3 Å². The Balaban J connectivity index is 2.42. The fourth-order valence-corrected chi connectivity index (χ4v) is 1.57. The van der Waals surface area contributed by atoms with Crippen molar-refractivity contribution in [2.24, 2.45) is 4.99 Å². The number of rotatable bonds is 2. The van der Waals surface area contributed by atoms with Crippen molar-refractivity contribution in [3.63, 3.8) is 0 Å². The van der Waals surface area contributed by atoms with Crippen molar-refractivity contribution in [2.75, 3.05) is 6.61 Å². The molecule has 1 aliphatic heterocycles. The van der Waals surface area contributed by atoms with Gasteiger partial charge in [0.05, 0.1) is 18.2 Å². The summed E-state index contributed by atoms with van der Waals surface area (Å²) in [5.74, 6) is -0.321. The van der Waals surface area contributed by atoms with Crippen LogP contribution in [0.1, 0.15) is 30.8 Å². The van der Waals surface area contributed by atoms with Crippen LogP contribution >= 0.6 is 0 Å². The Hall–Kier alpha value is -1.84. The lowest BCUT2D eigenvalue weighted by atomic mass is 10.2. The summed E-state index contributed by atoms with van der Waals surface area (Å²) < 4.78 is 4.92. The first-order valence-corrected chi connectivity index (χ1v) is 5.30. The minimum Gasteiger partial charge on any atom is -0.461 e. The molecule has 0 saturated heterocycles. The lowest BCUT2D eigenvalue weighted by Gasteiger charge is -1.96. The predicted molar refractivity (Wildman–Crippen MR) is 62.7 cm³/mol. The molecule has 0 radical (unpaired) electrons. The lowest BCUT2D eigenvalue weighted by Crippen LogP contribution is -2.20. The number of aliphatic imine (C=N–C) groups is 1. The monoisotopic (exact) mass is 218 g/mol. The zero-order chi connectivity index (χ0) is 11.5. The second-order valence-corrected chi connectivity index (χ2v) is 3.67. The summed E-state index contributed by atoms with van der Waals surface area (Å²) in [7, 11) is 0. The molecule has 0 atom stereocenters. The van der Waals surface area contributed by atoms with E-state index in [1.807, 2.05) is 6.92 Å². The molecule has 1 aliphatic rings. The van der Waals surface area contributed by atoms with Gasteiger partial charge in [0.25, 0.3) is 0 Å². The van der Waals surface area contributed by atoms with E-state index in [2.05, 4.69) is 16.1 Å². The fraction of sp³-hybridized carbons (Fsp3) is 0.333. The molecule has 0 bridgehead atoms. The second-order valence-electron chi connectivity index (χ2n) is 3.67. The minimum atomic E-state index is -0.321. The highest BCUT2D eigenvalue weighted by Gasteiger charge is 2.08. The fourth-order valence-electron chi connectivity index (χ4n) is 1.57. The van der Waals surface area contributed by atoms with Crippen LogP contribution in [0.25, 0.3) is 12.3 Å². The van der Waals surface area contributed by atoms with Crippen LogP contribution < -0.4 is 10.6 Å². The number of H-pyrrole nitrogens is 1. The zero-order valence-electron chi connectivity index (χ0n) is 9.41. The number of nitrogens with zero attached hydrogens (tertiary/aromatic N) is 1. The number of ether oxygens (including phenoxy) is 1. The minimum absolute atomic E-state index is 0.321. The molecule has 0 aromatic carbocycles. The van der Waals surface area contributed by atoms with Crippen LogP contribution in [0.15, 0.2) is 11.1 Å². The van der Waals surface area contributed by atoms with Gasteiger partial charge in [-0.2, -0.15) is 0 Å². The molecule has 1 aromatic rings. The zero-order valence-corrected chi connectivity index (χ0v) is 9.41. The molecule has 16 heavy (non-hydrogen) atoms. The van der Waals surface area contributed by atoms with Gasteiger partial charge < -0.3 is 9.72 Å². The number of carbonyl (C=O) groups excluding carboxylic acids is 1. The molecule has 0 amide bonds. The van der Waals surface area contributed by atoms with E-state index in [1.165, 1.54) is 0 Å². The lowest BCUT2D eigenvalue weighted by molar-refractivity contribution is 0.0520. The molecule has 1 aromatic heterocycles. The molecule has 0 spiro atoms. The molecule has 0 aliphatic carbocycles. The second kappa shape index (κ2) is 4.35. The first kappa shape index (κ1) is 10.7. The Kier molecular flexibility index (Phi) is 2.90. The highest BCUT2D eigenvalue weighted by atomic mass is 16.5. The van der Waals surface area contributed by atoms with E-state index in [-0.39, 0.29) is 5.97 Å². The van der Waals surface area contributed by atoms with Gasteiger partial charge >= 0.3 is 5.97 Å². The Morgan fingerprint density at radius 3 is 3.19 bits per heavy atom. The van der Waals surface area contributed by atoms with Crippen molar-refractivity contribution in [2.45, 2.75) is 20.3 Å². The number of esters is 1. The van der Waals surface area contributed by atoms with E-state index in [0.717, 1.165) is 22.7 Å². The summed E-state index contributed by atoms with van der Waals surface area (Å²) in [5, 5.41) is 1.86. The van der Waals surface area contributed by atoms with Gasteiger partial charge in [0, 0.05) is 12.1 Å². The van der Waals surface area contributed by atoms with E-state index >= 15 is 0 Å². The molecular formula is C12H14N2O2. The van der Waals surface area contributed by atoms with Crippen LogP contribution in [0.5, 0.6) is 0 Å². The maximum atomic E-state index is 11.5. The van der Waals surface area contributed by atoms with Crippen LogP contribution in [-0.2, 0) is 4.74 Å². The topological polar surface area (TPSA) is 54.5 Å². The molecule has 1 N–H and O–H groups in total. The van der Waals surface area contributed by atoms with Crippen LogP contribution in [0, 0.1) is 0 Å². The third-order valence-corrected chi connectivity index (χ3v) is 2.41. The van der Waals surface area contributed by atoms with Crippen molar-refractivity contribution < 1.29 is 9.53 Å². The van der Waals surface area contributed by atoms with Gasteiger partial charge in [-0.1, -0.05) is 6.08 Å². The summed E-state index contributed by atoms with van der Waals surface area (Å²) >= 11 is 0. The van der Waals surface area contributed by atoms with Crippen molar-refractivity contribution in [1.29, 1.82) is 0 Å². The van der Waals surface area contributed by atoms with Crippen LogP contribution in [-0.4, -0.2) is 23.3 Å². The summed E-state index contributed by atoms with van der Waals surface area (Å²) in [6, 6.07) is 1.80. The van der Waals surface area contributed by atoms with Gasteiger partial charge in [0.1, 0.15) is 5.69 Å². The maximum absolute atomic E-state index is 11.5. The van der Waals surface area contributed by atoms with Gasteiger partial charge in [-0.25, -0.2) is 4.79 Å². The molecule has 0 fully saturated rings. The highest BCUT2D eigenvalue weighted by molar-refractivity contribution is 5.90. The number of hydrogen-bond donors (Lipinski definition) is 1. The van der Waals surface area contributed by atoms with E-state index < -0.39 is 0 Å². The van der Waals surface area contributed by atoms with Gasteiger partial charge in [0.15, 0.2) is 0 Å². The number of aromatic nitrogens is 1. The molecule has 2 heterocycles. The van der Waals surface area contributed by atoms with E-state index in [1.54, 1.807) is 19.2 Å². The smallest absolute Gasteiger partial charge is 0.354 e. The van der Waals surface area contributed by atoms with Crippen molar-refractivity contribution in [3.05, 3.63) is 22.3 Å². The summed E-state index contributed by atoms with van der Waals surface area (Å²) in [5.41, 5.74) is 1.54. The van der Waals surface area contributed by atoms with E-state index in [9.17, 15) is 4.79 Å². The normalized spacial score (nSPS) is 14.0. The van der Waals surface area contributed by atoms with Crippen LogP contribution in [0.4, 0.5) is 0 Å². The molecule has 4 nitrogen and oxygen atoms in total. The van der Waals surface area contributed by atoms with Gasteiger partial charge in [-0.15, -0.1) is 0 Å². The number of carbonyl (C=O) groups is 1. The van der Waals surface area contributed by atoms with Crippen molar-refractivity contribution in [1.82, 2.24) is 4.98 Å². The molecule has 2 rings (SSSR count). The maximum Gasteiger partial charge on any atom is 0.354 e. The Bertz CT molecular complexity index is 552. The van der Waals surface area contributed by atoms with Gasteiger partial charge in [-0.05, 0) is 25.1 Å². The number of aromatic amines is 1. The van der Waals surface area contributed by atoms with Crippen molar-refractivity contribution >= 4 is 24.0 Å².